The first-order valence-electron chi connectivity index (χ1n) is 7.59. The highest BCUT2D eigenvalue weighted by Gasteiger charge is 2.22. The summed E-state index contributed by atoms with van der Waals surface area (Å²) in [5.41, 5.74) is 1.84. The van der Waals surface area contributed by atoms with Crippen LogP contribution in [0.5, 0.6) is 0 Å². The molecule has 0 radical (unpaired) electrons. The molecular formula is C18H19FN2S. The van der Waals surface area contributed by atoms with E-state index >= 15 is 0 Å². The van der Waals surface area contributed by atoms with Crippen LogP contribution in [0.2, 0.25) is 0 Å². The number of piperidine rings is 1. The van der Waals surface area contributed by atoms with Crippen LogP contribution in [0.1, 0.15) is 24.3 Å². The highest BCUT2D eigenvalue weighted by Crippen LogP contribution is 2.28. The molecule has 1 N–H and O–H groups in total. The Morgan fingerprint density at radius 1 is 1.00 bits per heavy atom. The summed E-state index contributed by atoms with van der Waals surface area (Å²) in [6, 6.07) is 17.2. The van der Waals surface area contributed by atoms with E-state index in [1.54, 1.807) is 18.2 Å². The Morgan fingerprint density at radius 2 is 1.64 bits per heavy atom. The Morgan fingerprint density at radius 3 is 2.32 bits per heavy atom. The van der Waals surface area contributed by atoms with Crippen molar-refractivity contribution in [3.05, 3.63) is 66.0 Å². The zero-order chi connectivity index (χ0) is 15.4. The topological polar surface area (TPSA) is 15.3 Å². The summed E-state index contributed by atoms with van der Waals surface area (Å²) in [5, 5.41) is 3.62. The van der Waals surface area contributed by atoms with Crippen molar-refractivity contribution >= 4 is 23.0 Å². The van der Waals surface area contributed by atoms with Gasteiger partial charge in [-0.25, -0.2) is 4.39 Å². The number of nitrogens with zero attached hydrogens (tertiary/aromatic N) is 1. The Labute approximate surface area is 136 Å². The van der Waals surface area contributed by atoms with Gasteiger partial charge in [-0.1, -0.05) is 42.5 Å². The maximum atomic E-state index is 13.7. The van der Waals surface area contributed by atoms with Crippen molar-refractivity contribution in [2.24, 2.45) is 0 Å². The van der Waals surface area contributed by atoms with Gasteiger partial charge >= 0.3 is 0 Å². The number of likely N-dealkylation sites (tertiary alicyclic amines) is 1. The highest BCUT2D eigenvalue weighted by atomic mass is 32.1. The van der Waals surface area contributed by atoms with Crippen molar-refractivity contribution < 1.29 is 4.39 Å². The van der Waals surface area contributed by atoms with Crippen LogP contribution in [0.4, 0.5) is 10.1 Å². The largest absolute Gasteiger partial charge is 0.349 e. The average molecular weight is 314 g/mol. The van der Waals surface area contributed by atoms with Crippen molar-refractivity contribution in [2.45, 2.75) is 18.8 Å². The predicted octanol–water partition coefficient (Wildman–Crippen LogP) is 4.40. The first-order chi connectivity index (χ1) is 10.7. The molecule has 22 heavy (non-hydrogen) atoms. The van der Waals surface area contributed by atoms with Gasteiger partial charge in [-0.3, -0.25) is 0 Å². The molecule has 114 valence electrons. The molecule has 0 atom stereocenters. The van der Waals surface area contributed by atoms with Gasteiger partial charge in [-0.15, -0.1) is 0 Å². The third-order valence-electron chi connectivity index (χ3n) is 4.17. The number of benzene rings is 2. The number of anilines is 1. The molecule has 1 saturated heterocycles. The van der Waals surface area contributed by atoms with Gasteiger partial charge in [0.1, 0.15) is 5.82 Å². The number of rotatable bonds is 2. The maximum Gasteiger partial charge on any atom is 0.173 e. The number of halogens is 1. The molecule has 2 aromatic rings. The normalized spacial score (nSPS) is 15.6. The molecule has 0 aliphatic carbocycles. The Balaban J connectivity index is 1.57. The van der Waals surface area contributed by atoms with E-state index in [0.717, 1.165) is 25.9 Å². The van der Waals surface area contributed by atoms with E-state index in [9.17, 15) is 4.39 Å². The van der Waals surface area contributed by atoms with Gasteiger partial charge in [-0.2, -0.15) is 0 Å². The molecule has 0 saturated carbocycles. The lowest BCUT2D eigenvalue weighted by Gasteiger charge is -2.34. The van der Waals surface area contributed by atoms with Gasteiger partial charge in [0.15, 0.2) is 5.11 Å². The van der Waals surface area contributed by atoms with E-state index in [2.05, 4.69) is 34.5 Å². The third-order valence-corrected chi connectivity index (χ3v) is 4.53. The fourth-order valence-electron chi connectivity index (χ4n) is 2.90. The fraction of sp³-hybridized carbons (Fsp3) is 0.278. The number of nitrogens with one attached hydrogen (secondary N) is 1. The second-order valence-electron chi connectivity index (χ2n) is 5.58. The zero-order valence-corrected chi connectivity index (χ0v) is 13.2. The molecule has 0 unspecified atom stereocenters. The van der Waals surface area contributed by atoms with E-state index in [4.69, 9.17) is 12.2 Å². The second kappa shape index (κ2) is 6.88. The molecule has 1 aliphatic rings. The number of hydrogen-bond donors (Lipinski definition) is 1. The maximum absolute atomic E-state index is 13.7. The van der Waals surface area contributed by atoms with Crippen molar-refractivity contribution in [3.8, 4) is 0 Å². The smallest absolute Gasteiger partial charge is 0.173 e. The van der Waals surface area contributed by atoms with Gasteiger partial charge in [0.05, 0.1) is 5.69 Å². The van der Waals surface area contributed by atoms with E-state index in [0.29, 0.717) is 16.7 Å². The molecule has 3 rings (SSSR count). The Hall–Kier alpha value is -1.94. The van der Waals surface area contributed by atoms with Crippen LogP contribution in [0.3, 0.4) is 0 Å². The Kier molecular flexibility index (Phi) is 4.68. The predicted molar refractivity (Wildman–Crippen MR) is 92.6 cm³/mol. The van der Waals surface area contributed by atoms with Crippen molar-refractivity contribution in [3.63, 3.8) is 0 Å². The molecular weight excluding hydrogens is 295 g/mol. The average Bonchev–Trinajstić information content (AvgIpc) is 2.58. The van der Waals surface area contributed by atoms with E-state index in [-0.39, 0.29) is 5.82 Å². The van der Waals surface area contributed by atoms with Crippen LogP contribution >= 0.6 is 12.2 Å². The highest BCUT2D eigenvalue weighted by molar-refractivity contribution is 7.80. The van der Waals surface area contributed by atoms with Gasteiger partial charge in [0.25, 0.3) is 0 Å². The van der Waals surface area contributed by atoms with Gasteiger partial charge < -0.3 is 10.2 Å². The first-order valence-corrected chi connectivity index (χ1v) is 8.00. The Bertz CT molecular complexity index is 637. The molecule has 0 spiro atoms. The molecule has 1 aliphatic heterocycles. The quantitative estimate of drug-likeness (QED) is 0.827. The summed E-state index contributed by atoms with van der Waals surface area (Å²) in [7, 11) is 0. The standard InChI is InChI=1S/C18H19FN2S/c19-16-8-4-5-9-17(16)20-18(22)21-12-10-15(11-13-21)14-6-2-1-3-7-14/h1-9,15H,10-13H2,(H,20,22). The molecule has 0 bridgehead atoms. The van der Waals surface area contributed by atoms with Crippen LogP contribution in [-0.2, 0) is 0 Å². The van der Waals surface area contributed by atoms with Crippen LogP contribution in [0, 0.1) is 5.82 Å². The molecule has 1 fully saturated rings. The first kappa shape index (κ1) is 15.0. The SMILES string of the molecule is Fc1ccccc1NC(=S)N1CCC(c2ccccc2)CC1. The molecule has 0 aromatic heterocycles. The minimum atomic E-state index is -0.274. The van der Waals surface area contributed by atoms with Crippen molar-refractivity contribution in [2.75, 3.05) is 18.4 Å². The van der Waals surface area contributed by atoms with E-state index in [1.165, 1.54) is 11.6 Å². The van der Waals surface area contributed by atoms with Crippen LogP contribution in [0.15, 0.2) is 54.6 Å². The number of hydrogen-bond acceptors (Lipinski definition) is 1. The van der Waals surface area contributed by atoms with Gasteiger partial charge in [-0.05, 0) is 48.7 Å². The van der Waals surface area contributed by atoms with E-state index in [1.807, 2.05) is 6.07 Å². The summed E-state index contributed by atoms with van der Waals surface area (Å²) in [6.45, 7) is 1.81. The molecule has 2 aromatic carbocycles. The van der Waals surface area contributed by atoms with Crippen LogP contribution in [-0.4, -0.2) is 23.1 Å². The minimum Gasteiger partial charge on any atom is -0.349 e. The second-order valence-corrected chi connectivity index (χ2v) is 5.97. The van der Waals surface area contributed by atoms with Crippen molar-refractivity contribution in [1.82, 2.24) is 4.90 Å². The number of para-hydroxylation sites is 1. The zero-order valence-electron chi connectivity index (χ0n) is 12.3. The lowest BCUT2D eigenvalue weighted by atomic mass is 9.90. The summed E-state index contributed by atoms with van der Waals surface area (Å²) >= 11 is 5.42. The summed E-state index contributed by atoms with van der Waals surface area (Å²) in [4.78, 5) is 2.13. The molecule has 0 amide bonds. The minimum absolute atomic E-state index is 0.274. The van der Waals surface area contributed by atoms with Crippen molar-refractivity contribution in [1.29, 1.82) is 0 Å². The lowest BCUT2D eigenvalue weighted by molar-refractivity contribution is 0.316. The third kappa shape index (κ3) is 3.45. The van der Waals surface area contributed by atoms with Gasteiger partial charge in [0, 0.05) is 13.1 Å². The summed E-state index contributed by atoms with van der Waals surface area (Å²) in [6.07, 6.45) is 2.15. The summed E-state index contributed by atoms with van der Waals surface area (Å²) in [5.74, 6) is 0.317. The van der Waals surface area contributed by atoms with Crippen LogP contribution in [0.25, 0.3) is 0 Å². The number of thiocarbonyl (C=S) groups is 1. The van der Waals surface area contributed by atoms with Gasteiger partial charge in [0.2, 0.25) is 0 Å². The monoisotopic (exact) mass is 314 g/mol. The summed E-state index contributed by atoms with van der Waals surface area (Å²) < 4.78 is 13.7. The fourth-order valence-corrected chi connectivity index (χ4v) is 3.19. The lowest BCUT2D eigenvalue weighted by Crippen LogP contribution is -2.40. The van der Waals surface area contributed by atoms with Crippen LogP contribution < -0.4 is 5.32 Å². The molecule has 2 nitrogen and oxygen atoms in total. The van der Waals surface area contributed by atoms with E-state index < -0.39 is 0 Å². The molecule has 4 heteroatoms. The molecule has 1 heterocycles.